The van der Waals surface area contributed by atoms with Gasteiger partial charge in [-0.3, -0.25) is 0 Å². The summed E-state index contributed by atoms with van der Waals surface area (Å²) in [6, 6.07) is 7.39. The average Bonchev–Trinajstić information content (AvgIpc) is 2.07. The molecule has 0 saturated heterocycles. The van der Waals surface area contributed by atoms with Crippen LogP contribution in [0.3, 0.4) is 0 Å². The Morgan fingerprint density at radius 1 is 1.33 bits per heavy atom. The van der Waals surface area contributed by atoms with E-state index in [1.807, 2.05) is 18.2 Å². The van der Waals surface area contributed by atoms with Crippen LogP contribution in [0, 0.1) is 0 Å². The number of para-hydroxylation sites is 2. The van der Waals surface area contributed by atoms with Crippen LogP contribution in [0.15, 0.2) is 24.3 Å². The molecule has 2 N–H and O–H groups in total. The van der Waals surface area contributed by atoms with Crippen molar-refractivity contribution < 1.29 is 17.6 Å². The number of anilines is 1. The number of rotatable bonds is 1. The normalized spacial score (nSPS) is 8.58. The van der Waals surface area contributed by atoms with E-state index in [9.17, 15) is 0 Å². The summed E-state index contributed by atoms with van der Waals surface area (Å²) in [4.78, 5) is 0. The second kappa shape index (κ2) is 7.55. The molecule has 0 saturated carbocycles. The predicted molar refractivity (Wildman–Crippen MR) is 49.1 cm³/mol. The third-order valence-electron chi connectivity index (χ3n) is 1.14. The van der Waals surface area contributed by atoms with Gasteiger partial charge in [-0.2, -0.15) is 0 Å². The number of methoxy groups -OCH3 is 1. The molecule has 0 aliphatic heterocycles. The Balaban J connectivity index is 0.000000354. The summed E-state index contributed by atoms with van der Waals surface area (Å²) in [5.41, 5.74) is 6.19. The Morgan fingerprint density at radius 3 is 2.17 bits per heavy atom. The first-order valence-corrected chi connectivity index (χ1v) is 5.85. The van der Waals surface area contributed by atoms with Gasteiger partial charge >= 0.3 is 33.2 Å². The van der Waals surface area contributed by atoms with Crippen molar-refractivity contribution in [1.82, 2.24) is 0 Å². The summed E-state index contributed by atoms with van der Waals surface area (Å²) in [5, 5.41) is 0. The molecule has 0 aromatic heterocycles. The molecule has 0 radical (unpaired) electrons. The molecule has 0 atom stereocenters. The van der Waals surface area contributed by atoms with Gasteiger partial charge in [0.25, 0.3) is 0 Å². The summed E-state index contributed by atoms with van der Waals surface area (Å²) >= 11 is 0.382. The van der Waals surface area contributed by atoms with E-state index < -0.39 is 0 Å². The van der Waals surface area contributed by atoms with Crippen LogP contribution in [-0.2, 0) is 12.9 Å². The van der Waals surface area contributed by atoms with E-state index in [1.165, 1.54) is 0 Å². The van der Waals surface area contributed by atoms with Gasteiger partial charge in [0.05, 0.1) is 12.8 Å². The van der Waals surface area contributed by atoms with Crippen LogP contribution in [0.25, 0.3) is 0 Å². The van der Waals surface area contributed by atoms with Crippen molar-refractivity contribution in [3.8, 4) is 5.75 Å². The fourth-order valence-electron chi connectivity index (χ4n) is 0.666. The number of ether oxygens (including phenoxy) is 1. The Hall–Kier alpha value is -0.0935. The van der Waals surface area contributed by atoms with Crippen LogP contribution in [0.1, 0.15) is 0 Å². The Morgan fingerprint density at radius 2 is 1.83 bits per heavy atom. The van der Waals surface area contributed by atoms with Crippen molar-refractivity contribution in [3.63, 3.8) is 0 Å². The maximum atomic E-state index is 5.51. The zero-order valence-corrected chi connectivity index (χ0v) is 8.94. The summed E-state index contributed by atoms with van der Waals surface area (Å²) < 4.78 is 4.92. The quantitative estimate of drug-likeness (QED) is 0.781. The molecule has 0 unspecified atom stereocenters. The van der Waals surface area contributed by atoms with Crippen LogP contribution < -0.4 is 10.5 Å². The maximum absolute atomic E-state index is 5.51. The van der Waals surface area contributed by atoms with Gasteiger partial charge in [0.1, 0.15) is 5.75 Å². The number of hydrogen-bond acceptors (Lipinski definition) is 2. The van der Waals surface area contributed by atoms with Gasteiger partial charge in [-0.15, -0.1) is 0 Å². The van der Waals surface area contributed by atoms with Crippen molar-refractivity contribution in [2.45, 2.75) is 0 Å². The van der Waals surface area contributed by atoms with Crippen LogP contribution in [0.4, 0.5) is 5.69 Å². The molecule has 1 aromatic carbocycles. The van der Waals surface area contributed by atoms with E-state index in [4.69, 9.17) is 30.8 Å². The Labute approximate surface area is 86.5 Å². The van der Waals surface area contributed by atoms with E-state index in [1.54, 1.807) is 13.2 Å². The summed E-state index contributed by atoms with van der Waals surface area (Å²) in [7, 11) is 11.1. The molecule has 0 aliphatic rings. The van der Waals surface area contributed by atoms with E-state index >= 15 is 0 Å². The topological polar surface area (TPSA) is 35.2 Å². The first-order chi connectivity index (χ1) is 5.76. The molecule has 1 rings (SSSR count). The molecule has 2 nitrogen and oxygen atoms in total. The number of halogens is 2. The van der Waals surface area contributed by atoms with Crippen molar-refractivity contribution in [1.29, 1.82) is 0 Å². The fourth-order valence-corrected chi connectivity index (χ4v) is 0.666. The minimum absolute atomic E-state index is 0.382. The van der Waals surface area contributed by atoms with Gasteiger partial charge in [-0.25, -0.2) is 0 Å². The van der Waals surface area contributed by atoms with Gasteiger partial charge in [0.2, 0.25) is 0 Å². The van der Waals surface area contributed by atoms with E-state index in [2.05, 4.69) is 0 Å². The van der Waals surface area contributed by atoms with Crippen molar-refractivity contribution >= 4 is 26.0 Å². The first-order valence-electron chi connectivity index (χ1n) is 2.98. The Bertz CT molecular complexity index is 222. The Kier molecular flexibility index (Phi) is 7.49. The van der Waals surface area contributed by atoms with Crippen LogP contribution in [0.2, 0.25) is 0 Å². The molecule has 1 aromatic rings. The molecule has 0 spiro atoms. The number of nitrogen functional groups attached to an aromatic ring is 1. The third kappa shape index (κ3) is 4.72. The standard InChI is InChI=1S/C7H9NO.2ClH.Co/c1-9-7-5-3-2-4-6(7)8;;;/h2-5H,8H2,1H3;2*1H;/q;;;+2/p-2. The fraction of sp³-hybridized carbons (Fsp3) is 0.143. The molecule has 0 heterocycles. The second-order valence-corrected chi connectivity index (χ2v) is 3.51. The summed E-state index contributed by atoms with van der Waals surface area (Å²) in [5.74, 6) is 0.734. The monoisotopic (exact) mass is 252 g/mol. The number of nitrogens with two attached hydrogens (primary N) is 1. The minimum atomic E-state index is 0.382. The molecule has 0 amide bonds. The van der Waals surface area contributed by atoms with Crippen molar-refractivity contribution in [2.24, 2.45) is 0 Å². The van der Waals surface area contributed by atoms with Gasteiger partial charge in [0, 0.05) is 0 Å². The third-order valence-corrected chi connectivity index (χ3v) is 1.14. The van der Waals surface area contributed by atoms with E-state index in [-0.39, 0.29) is 0 Å². The second-order valence-electron chi connectivity index (χ2n) is 1.79. The molecule has 0 fully saturated rings. The van der Waals surface area contributed by atoms with Crippen LogP contribution in [-0.4, -0.2) is 7.11 Å². The molecular weight excluding hydrogens is 244 g/mol. The van der Waals surface area contributed by atoms with Gasteiger partial charge in [-0.05, 0) is 12.1 Å². The zero-order chi connectivity index (χ0) is 9.40. The molecule has 0 aliphatic carbocycles. The molecule has 0 bridgehead atoms. The SMILES string of the molecule is COc1ccccc1N.[Cl][Co][Cl]. The molecule has 5 heteroatoms. The molecule has 71 valence electrons. The van der Waals surface area contributed by atoms with Crippen molar-refractivity contribution in [2.75, 3.05) is 12.8 Å². The zero-order valence-electron chi connectivity index (χ0n) is 6.38. The van der Waals surface area contributed by atoms with Crippen molar-refractivity contribution in [3.05, 3.63) is 24.3 Å². The number of hydrogen-bond donors (Lipinski definition) is 1. The summed E-state index contributed by atoms with van der Waals surface area (Å²) in [6.07, 6.45) is 0. The van der Waals surface area contributed by atoms with Gasteiger partial charge < -0.3 is 10.5 Å². The van der Waals surface area contributed by atoms with Crippen LogP contribution in [0.5, 0.6) is 5.75 Å². The van der Waals surface area contributed by atoms with Crippen LogP contribution >= 0.6 is 20.3 Å². The molecular formula is C7H9Cl2CoNO. The van der Waals surface area contributed by atoms with E-state index in [0.29, 0.717) is 18.6 Å². The van der Waals surface area contributed by atoms with Gasteiger partial charge in [-0.1, -0.05) is 12.1 Å². The summed E-state index contributed by atoms with van der Waals surface area (Å²) in [6.45, 7) is 0. The van der Waals surface area contributed by atoms with Gasteiger partial charge in [0.15, 0.2) is 0 Å². The van der Waals surface area contributed by atoms with E-state index in [0.717, 1.165) is 5.75 Å². The molecule has 12 heavy (non-hydrogen) atoms. The number of benzene rings is 1. The predicted octanol–water partition coefficient (Wildman–Crippen LogP) is 2.65. The average molecular weight is 253 g/mol. The first kappa shape index (κ1) is 11.9.